The molecule has 0 saturated carbocycles. The fourth-order valence-corrected chi connectivity index (χ4v) is 0. The van der Waals surface area contributed by atoms with E-state index in [1.807, 2.05) is 0 Å². The third kappa shape index (κ3) is 22.5. The molecule has 0 heterocycles. The van der Waals surface area contributed by atoms with Crippen molar-refractivity contribution in [3.8, 4) is 0 Å². The maximum atomic E-state index is 0. The predicted molar refractivity (Wildman–Crippen MR) is 7.98 cm³/mol. The van der Waals surface area contributed by atoms with Gasteiger partial charge in [-0.1, -0.05) is 0 Å². The summed E-state index contributed by atoms with van der Waals surface area (Å²) in [7, 11) is 0. The van der Waals surface area contributed by atoms with E-state index in [0.29, 0.717) is 0 Å². The van der Waals surface area contributed by atoms with Crippen LogP contribution in [0.2, 0.25) is 0 Å². The van der Waals surface area contributed by atoms with Crippen molar-refractivity contribution < 1.29 is 70.3 Å². The van der Waals surface area contributed by atoms with Crippen molar-refractivity contribution in [1.82, 2.24) is 0 Å². The SMILES string of the molecule is [Be+2].[Co].[Cu].[Fe].[H-].[H-].[Ni]. The van der Waals surface area contributed by atoms with Crippen LogP contribution in [0, 0.1) is 0 Å². The van der Waals surface area contributed by atoms with Crippen LogP contribution in [0.25, 0.3) is 0 Å². The van der Waals surface area contributed by atoms with Crippen molar-refractivity contribution in [2.45, 2.75) is 0 Å². The fraction of sp³-hybridized carbons (Fsp3) is 0. The van der Waals surface area contributed by atoms with E-state index in [-0.39, 0.29) is 80.4 Å². The van der Waals surface area contributed by atoms with Gasteiger partial charge in [0.1, 0.15) is 0 Å². The average molecular weight is 248 g/mol. The van der Waals surface area contributed by atoms with Gasteiger partial charge in [0.05, 0.1) is 0 Å². The Kier molecular flexibility index (Phi) is 394. The first kappa shape index (κ1) is 57.0. The fourth-order valence-electron chi connectivity index (χ4n) is 0. The van der Waals surface area contributed by atoms with Gasteiger partial charge in [-0.05, 0) is 0 Å². The summed E-state index contributed by atoms with van der Waals surface area (Å²) in [5, 5.41) is 0. The van der Waals surface area contributed by atoms with Gasteiger partial charge in [-0.15, -0.1) is 0 Å². The van der Waals surface area contributed by atoms with E-state index in [1.54, 1.807) is 0 Å². The molecule has 2 radical (unpaired) electrons. The summed E-state index contributed by atoms with van der Waals surface area (Å²) in [4.78, 5) is 0. The molecule has 42 valence electrons. The third-order valence-corrected chi connectivity index (χ3v) is 0. The molecule has 0 aromatic rings. The molecular formula is H2BeCoCuFeNi. The molecule has 0 spiro atoms. The molecule has 0 atom stereocenters. The van der Waals surface area contributed by atoms with Crippen LogP contribution < -0.4 is 0 Å². The van der Waals surface area contributed by atoms with Gasteiger partial charge in [0.25, 0.3) is 0 Å². The van der Waals surface area contributed by atoms with Crippen LogP contribution in [0.15, 0.2) is 0 Å². The van der Waals surface area contributed by atoms with E-state index in [4.69, 9.17) is 0 Å². The molecule has 0 saturated heterocycles. The second-order valence-electron chi connectivity index (χ2n) is 0. The molecule has 5 heavy (non-hydrogen) atoms. The van der Waals surface area contributed by atoms with Crippen LogP contribution in [0.4, 0.5) is 0 Å². The van der Waals surface area contributed by atoms with E-state index < -0.39 is 0 Å². The van der Waals surface area contributed by atoms with Crippen LogP contribution in [-0.2, 0) is 67.4 Å². The van der Waals surface area contributed by atoms with E-state index in [2.05, 4.69) is 0 Å². The first-order chi connectivity index (χ1) is 0. The van der Waals surface area contributed by atoms with Gasteiger partial charge in [0.15, 0.2) is 0 Å². The smallest absolute Gasteiger partial charge is 1.00 e. The first-order valence-electron chi connectivity index (χ1n) is 0. The molecule has 0 aromatic carbocycles. The Morgan fingerprint density at radius 2 is 1.20 bits per heavy atom. The monoisotopic (exact) mass is 247 g/mol. The predicted octanol–water partition coefficient (Wildman–Crippen LogP) is -0.166. The van der Waals surface area contributed by atoms with Crippen molar-refractivity contribution in [2.24, 2.45) is 0 Å². The Morgan fingerprint density at radius 3 is 1.20 bits per heavy atom. The van der Waals surface area contributed by atoms with E-state index in [1.165, 1.54) is 0 Å². The summed E-state index contributed by atoms with van der Waals surface area (Å²) in [6.07, 6.45) is 0. The molecular weight excluding hydrogens is 246 g/mol. The summed E-state index contributed by atoms with van der Waals surface area (Å²) in [5.74, 6) is 0. The van der Waals surface area contributed by atoms with Gasteiger partial charge >= 0.3 is 10.1 Å². The molecule has 0 N–H and O–H groups in total. The topological polar surface area (TPSA) is 0 Å². The zero-order valence-corrected chi connectivity index (χ0v) is 6.09. The molecule has 0 aromatic heterocycles. The Morgan fingerprint density at radius 1 is 1.20 bits per heavy atom. The Hall–Kier alpha value is 2.21. The second-order valence-corrected chi connectivity index (χ2v) is 0. The van der Waals surface area contributed by atoms with Gasteiger partial charge in [0, 0.05) is 67.4 Å². The molecule has 5 heteroatoms. The summed E-state index contributed by atoms with van der Waals surface area (Å²) >= 11 is 0. The zero-order chi connectivity index (χ0) is 0. The molecule has 0 nitrogen and oxygen atoms in total. The van der Waals surface area contributed by atoms with Gasteiger partial charge < -0.3 is 2.85 Å². The normalized spacial score (nSPS) is 0. The Labute approximate surface area is 79.9 Å². The maximum absolute atomic E-state index is 0. The van der Waals surface area contributed by atoms with Crippen molar-refractivity contribution >= 4 is 10.1 Å². The van der Waals surface area contributed by atoms with Crippen molar-refractivity contribution in [3.63, 3.8) is 0 Å². The maximum Gasteiger partial charge on any atom is 2.00 e. The number of hydrogen-bond acceptors (Lipinski definition) is 0. The molecule has 0 aliphatic heterocycles. The molecule has 0 rings (SSSR count). The Bertz CT molecular complexity index is 17.7. The van der Waals surface area contributed by atoms with E-state index >= 15 is 0 Å². The Balaban J connectivity index is 0. The van der Waals surface area contributed by atoms with Gasteiger partial charge in [-0.2, -0.15) is 0 Å². The van der Waals surface area contributed by atoms with Gasteiger partial charge in [0.2, 0.25) is 0 Å². The van der Waals surface area contributed by atoms with Gasteiger partial charge in [-0.25, -0.2) is 0 Å². The van der Waals surface area contributed by atoms with Crippen LogP contribution in [-0.4, -0.2) is 10.1 Å². The standard InChI is InChI=1S/Be.Co.Cu.Fe.Ni.2H/q+2;;;;;2*-1. The minimum absolute atomic E-state index is 0. The average Bonchev–Trinajstić information content (AvgIpc) is 0. The number of hydrogen-bond donors (Lipinski definition) is 0. The summed E-state index contributed by atoms with van der Waals surface area (Å²) in [6.45, 7) is 0. The summed E-state index contributed by atoms with van der Waals surface area (Å²) in [5.41, 5.74) is 0. The molecule has 0 aliphatic carbocycles. The third-order valence-electron chi connectivity index (χ3n) is 0. The summed E-state index contributed by atoms with van der Waals surface area (Å²) in [6, 6.07) is 0. The molecule has 0 unspecified atom stereocenters. The largest absolute Gasteiger partial charge is 2.00 e. The van der Waals surface area contributed by atoms with Crippen LogP contribution in [0.1, 0.15) is 2.85 Å². The van der Waals surface area contributed by atoms with E-state index in [9.17, 15) is 0 Å². The molecule has 0 fully saturated rings. The first-order valence-corrected chi connectivity index (χ1v) is 0. The zero-order valence-electron chi connectivity index (χ0n) is 4.01. The minimum Gasteiger partial charge on any atom is -1.00 e. The molecule has 0 aliphatic rings. The van der Waals surface area contributed by atoms with Crippen LogP contribution >= 0.6 is 0 Å². The molecule has 0 amide bonds. The van der Waals surface area contributed by atoms with Crippen molar-refractivity contribution in [3.05, 3.63) is 0 Å². The van der Waals surface area contributed by atoms with E-state index in [0.717, 1.165) is 0 Å². The number of rotatable bonds is 0. The van der Waals surface area contributed by atoms with Crippen molar-refractivity contribution in [1.29, 1.82) is 0 Å². The quantitative estimate of drug-likeness (QED) is 0.522. The van der Waals surface area contributed by atoms with Crippen LogP contribution in [0.3, 0.4) is 0 Å². The van der Waals surface area contributed by atoms with Crippen LogP contribution in [0.5, 0.6) is 0 Å². The minimum atomic E-state index is 0. The molecule has 0 bridgehead atoms. The second kappa shape index (κ2) is 34.5. The summed E-state index contributed by atoms with van der Waals surface area (Å²) < 4.78 is 0. The van der Waals surface area contributed by atoms with Crippen molar-refractivity contribution in [2.75, 3.05) is 0 Å². The van der Waals surface area contributed by atoms with Gasteiger partial charge in [-0.3, -0.25) is 0 Å².